The molecule has 0 aliphatic heterocycles. The number of ether oxygens (including phenoxy) is 3. The minimum Gasteiger partial charge on any atom is -0.462 e. The fraction of sp³-hybridized carbons (Fsp3) is 0.772. The summed E-state index contributed by atoms with van der Waals surface area (Å²) in [7, 11) is 0. The molecule has 0 N–H and O–H groups in total. The molecule has 0 aromatic carbocycles. The second-order valence-electron chi connectivity index (χ2n) is 17.8. The van der Waals surface area contributed by atoms with Crippen molar-refractivity contribution in [1.82, 2.24) is 0 Å². The Bertz CT molecular complexity index is 1150. The Labute approximate surface area is 390 Å². The summed E-state index contributed by atoms with van der Waals surface area (Å²) in [6.07, 6.45) is 64.2. The maximum absolute atomic E-state index is 12.6. The largest absolute Gasteiger partial charge is 0.462 e. The van der Waals surface area contributed by atoms with Gasteiger partial charge in [-0.15, -0.1) is 0 Å². The van der Waals surface area contributed by atoms with Crippen molar-refractivity contribution in [2.75, 3.05) is 13.2 Å². The minimum atomic E-state index is -0.764. The van der Waals surface area contributed by atoms with E-state index in [0.29, 0.717) is 19.3 Å². The van der Waals surface area contributed by atoms with E-state index in [9.17, 15) is 14.4 Å². The molecule has 0 bridgehead atoms. The molecule has 0 rings (SSSR count). The molecule has 0 aliphatic rings. The summed E-state index contributed by atoms with van der Waals surface area (Å²) in [6.45, 7) is 6.43. The number of rotatable bonds is 48. The fourth-order valence-corrected chi connectivity index (χ4v) is 7.53. The summed E-state index contributed by atoms with van der Waals surface area (Å²) < 4.78 is 16.6. The van der Waals surface area contributed by atoms with Crippen LogP contribution >= 0.6 is 0 Å². The average Bonchev–Trinajstić information content (AvgIpc) is 3.28. The Balaban J connectivity index is 3.90. The van der Waals surface area contributed by atoms with Crippen molar-refractivity contribution >= 4 is 17.9 Å². The average molecular weight is 881 g/mol. The Morgan fingerprint density at radius 3 is 0.968 bits per heavy atom. The van der Waals surface area contributed by atoms with Crippen LogP contribution in [-0.4, -0.2) is 37.2 Å². The maximum atomic E-state index is 12.6. The smallest absolute Gasteiger partial charge is 0.306 e. The van der Waals surface area contributed by atoms with Gasteiger partial charge in [-0.1, -0.05) is 242 Å². The van der Waals surface area contributed by atoms with E-state index in [2.05, 4.69) is 81.5 Å². The van der Waals surface area contributed by atoms with Gasteiger partial charge in [0.15, 0.2) is 6.10 Å². The lowest BCUT2D eigenvalue weighted by atomic mass is 10.0. The Morgan fingerprint density at radius 1 is 0.333 bits per heavy atom. The Hall–Kier alpha value is -2.89. The molecule has 0 aliphatic carbocycles. The van der Waals surface area contributed by atoms with Crippen molar-refractivity contribution in [3.8, 4) is 0 Å². The highest BCUT2D eigenvalue weighted by molar-refractivity contribution is 5.71. The number of hydrogen-bond donors (Lipinski definition) is 0. The molecule has 6 heteroatoms. The molecule has 0 heterocycles. The van der Waals surface area contributed by atoms with Gasteiger partial charge in [0.1, 0.15) is 13.2 Å². The molecular weight excluding hydrogens is 781 g/mol. The molecule has 63 heavy (non-hydrogen) atoms. The first kappa shape index (κ1) is 60.1. The van der Waals surface area contributed by atoms with Gasteiger partial charge in [-0.2, -0.15) is 0 Å². The molecule has 1 unspecified atom stereocenters. The van der Waals surface area contributed by atoms with E-state index in [1.54, 1.807) is 0 Å². The number of carbonyl (C=O) groups is 3. The van der Waals surface area contributed by atoms with Gasteiger partial charge >= 0.3 is 17.9 Å². The molecule has 0 fully saturated rings. The molecule has 0 radical (unpaired) electrons. The summed E-state index contributed by atoms with van der Waals surface area (Å²) in [5.41, 5.74) is 0. The molecule has 364 valence electrons. The van der Waals surface area contributed by atoms with Gasteiger partial charge in [-0.25, -0.2) is 0 Å². The van der Waals surface area contributed by atoms with Crippen LogP contribution in [0.25, 0.3) is 0 Å². The quantitative estimate of drug-likeness (QED) is 0.0262. The van der Waals surface area contributed by atoms with Gasteiger partial charge in [-0.3, -0.25) is 14.4 Å². The molecule has 0 aromatic rings. The normalized spacial score (nSPS) is 12.5. The van der Waals surface area contributed by atoms with Crippen LogP contribution in [0.2, 0.25) is 0 Å². The van der Waals surface area contributed by atoms with E-state index >= 15 is 0 Å². The number of hydrogen-bond acceptors (Lipinski definition) is 6. The SMILES string of the molecule is CC/C=C\C/C=C\C/C=C\C/C=C\C/C=C\CCCCCCCCCCCCCCCCCC(=O)OCC(COC(=O)CCCCCCC)OC(=O)CCCCCCCCCCC. The highest BCUT2D eigenvalue weighted by Crippen LogP contribution is 2.16. The van der Waals surface area contributed by atoms with E-state index in [1.807, 2.05) is 0 Å². The topological polar surface area (TPSA) is 78.9 Å². The second kappa shape index (κ2) is 51.7. The molecular formula is C57H100O6. The summed E-state index contributed by atoms with van der Waals surface area (Å²) in [5.74, 6) is -0.883. The standard InChI is InChI=1S/C57H100O6/c1-4-7-10-13-15-17-18-19-20-21-22-23-24-25-26-27-28-29-30-31-32-33-34-35-36-37-38-40-41-44-47-50-56(59)62-53-54(52-61-55(58)49-46-43-12-9-6-3)63-57(60)51-48-45-42-39-16-14-11-8-5-2/h7,10,15,17,19-20,22-23,25-26,54H,4-6,8-9,11-14,16,18,21,24,27-53H2,1-3H3/b10-7-,17-15-,20-19-,23-22-,26-25-. The van der Waals surface area contributed by atoms with Crippen molar-refractivity contribution in [3.05, 3.63) is 60.8 Å². The molecule has 0 aromatic heterocycles. The van der Waals surface area contributed by atoms with Gasteiger partial charge in [0.25, 0.3) is 0 Å². The lowest BCUT2D eigenvalue weighted by molar-refractivity contribution is -0.167. The van der Waals surface area contributed by atoms with Crippen LogP contribution in [0.1, 0.15) is 265 Å². The van der Waals surface area contributed by atoms with Gasteiger partial charge in [-0.05, 0) is 64.2 Å². The summed E-state index contributed by atoms with van der Waals surface area (Å²) >= 11 is 0. The zero-order valence-electron chi connectivity index (χ0n) is 41.6. The second-order valence-corrected chi connectivity index (χ2v) is 17.8. The van der Waals surface area contributed by atoms with E-state index in [1.165, 1.54) is 128 Å². The third-order valence-corrected chi connectivity index (χ3v) is 11.5. The van der Waals surface area contributed by atoms with Gasteiger partial charge in [0.2, 0.25) is 0 Å². The molecule has 0 saturated heterocycles. The zero-order chi connectivity index (χ0) is 45.8. The highest BCUT2D eigenvalue weighted by atomic mass is 16.6. The molecule has 0 spiro atoms. The number of allylic oxidation sites excluding steroid dienone is 10. The van der Waals surface area contributed by atoms with Crippen LogP contribution in [0.15, 0.2) is 60.8 Å². The summed E-state index contributed by atoms with van der Waals surface area (Å²) in [5, 5.41) is 0. The van der Waals surface area contributed by atoms with Crippen molar-refractivity contribution in [1.29, 1.82) is 0 Å². The predicted octanol–water partition coefficient (Wildman–Crippen LogP) is 17.6. The molecule has 0 saturated carbocycles. The third kappa shape index (κ3) is 50.0. The van der Waals surface area contributed by atoms with Gasteiger partial charge < -0.3 is 14.2 Å². The molecule has 1 atom stereocenters. The minimum absolute atomic E-state index is 0.0709. The number of carbonyl (C=O) groups excluding carboxylic acids is 3. The summed E-state index contributed by atoms with van der Waals surface area (Å²) in [6, 6.07) is 0. The maximum Gasteiger partial charge on any atom is 0.306 e. The van der Waals surface area contributed by atoms with Crippen LogP contribution < -0.4 is 0 Å². The Morgan fingerprint density at radius 2 is 0.619 bits per heavy atom. The zero-order valence-corrected chi connectivity index (χ0v) is 41.6. The van der Waals surface area contributed by atoms with Crippen LogP contribution in [-0.2, 0) is 28.6 Å². The van der Waals surface area contributed by atoms with Crippen molar-refractivity contribution in [2.45, 2.75) is 271 Å². The van der Waals surface area contributed by atoms with Crippen molar-refractivity contribution in [2.24, 2.45) is 0 Å². The van der Waals surface area contributed by atoms with Gasteiger partial charge in [0.05, 0.1) is 0 Å². The predicted molar refractivity (Wildman–Crippen MR) is 270 cm³/mol. The first-order valence-corrected chi connectivity index (χ1v) is 26.8. The van der Waals surface area contributed by atoms with E-state index < -0.39 is 6.10 Å². The van der Waals surface area contributed by atoms with Crippen LogP contribution in [0.4, 0.5) is 0 Å². The number of unbranched alkanes of at least 4 members (excludes halogenated alkanes) is 27. The van der Waals surface area contributed by atoms with E-state index in [-0.39, 0.29) is 31.1 Å². The van der Waals surface area contributed by atoms with E-state index in [4.69, 9.17) is 14.2 Å². The van der Waals surface area contributed by atoms with E-state index in [0.717, 1.165) is 96.3 Å². The fourth-order valence-electron chi connectivity index (χ4n) is 7.53. The first-order valence-electron chi connectivity index (χ1n) is 26.8. The van der Waals surface area contributed by atoms with Gasteiger partial charge in [0, 0.05) is 19.3 Å². The van der Waals surface area contributed by atoms with Crippen molar-refractivity contribution in [3.63, 3.8) is 0 Å². The summed E-state index contributed by atoms with van der Waals surface area (Å²) in [4.78, 5) is 37.5. The number of esters is 3. The van der Waals surface area contributed by atoms with Crippen molar-refractivity contribution < 1.29 is 28.6 Å². The van der Waals surface area contributed by atoms with Crippen LogP contribution in [0, 0.1) is 0 Å². The molecule has 6 nitrogen and oxygen atoms in total. The highest BCUT2D eigenvalue weighted by Gasteiger charge is 2.19. The first-order chi connectivity index (χ1) is 31.0. The Kier molecular flexibility index (Phi) is 49.4. The lowest BCUT2D eigenvalue weighted by Gasteiger charge is -2.18. The third-order valence-electron chi connectivity index (χ3n) is 11.5. The molecule has 0 amide bonds. The van der Waals surface area contributed by atoms with Crippen LogP contribution in [0.3, 0.4) is 0 Å². The lowest BCUT2D eigenvalue weighted by Crippen LogP contribution is -2.30. The monoisotopic (exact) mass is 881 g/mol. The van der Waals surface area contributed by atoms with Crippen LogP contribution in [0.5, 0.6) is 0 Å².